The van der Waals surface area contributed by atoms with Crippen LogP contribution in [0.3, 0.4) is 0 Å². The summed E-state index contributed by atoms with van der Waals surface area (Å²) in [6.07, 6.45) is 5.71. The van der Waals surface area contributed by atoms with Gasteiger partial charge >= 0.3 is 0 Å². The largest absolute Gasteiger partial charge is 0.472 e. The highest BCUT2D eigenvalue weighted by Gasteiger charge is 2.32. The van der Waals surface area contributed by atoms with E-state index in [1.807, 2.05) is 0 Å². The molecule has 0 bridgehead atoms. The summed E-state index contributed by atoms with van der Waals surface area (Å²) in [5, 5.41) is 0.471. The van der Waals surface area contributed by atoms with E-state index in [-0.39, 0.29) is 22.6 Å². The first-order chi connectivity index (χ1) is 11.5. The van der Waals surface area contributed by atoms with Gasteiger partial charge in [0.2, 0.25) is 15.9 Å². The van der Waals surface area contributed by atoms with Crippen LogP contribution in [0.2, 0.25) is 10.0 Å². The maximum absolute atomic E-state index is 12.9. The second-order valence-corrected chi connectivity index (χ2v) is 8.11. The quantitative estimate of drug-likeness (QED) is 0.805. The van der Waals surface area contributed by atoms with E-state index in [9.17, 15) is 8.42 Å². The van der Waals surface area contributed by atoms with Gasteiger partial charge in [0.25, 0.3) is 0 Å². The summed E-state index contributed by atoms with van der Waals surface area (Å²) in [6, 6.07) is 4.40. The first kappa shape index (κ1) is 17.4. The average molecular weight is 388 g/mol. The molecule has 0 saturated carbocycles. The van der Waals surface area contributed by atoms with Crippen molar-refractivity contribution in [2.45, 2.75) is 23.8 Å². The Morgan fingerprint density at radius 2 is 2.08 bits per heavy atom. The molecule has 1 aromatic heterocycles. The molecule has 0 radical (unpaired) electrons. The van der Waals surface area contributed by atoms with Crippen LogP contribution in [0.5, 0.6) is 5.88 Å². The van der Waals surface area contributed by atoms with Crippen LogP contribution in [0.25, 0.3) is 0 Å². The number of benzene rings is 1. The molecule has 2 aromatic rings. The van der Waals surface area contributed by atoms with E-state index < -0.39 is 10.0 Å². The summed E-state index contributed by atoms with van der Waals surface area (Å²) in [7, 11) is -3.74. The molecule has 0 amide bonds. The molecule has 1 aromatic carbocycles. The van der Waals surface area contributed by atoms with E-state index in [0.717, 1.165) is 6.42 Å². The Hall–Kier alpha value is -1.41. The number of aromatic nitrogens is 2. The Morgan fingerprint density at radius 3 is 2.83 bits per heavy atom. The predicted molar refractivity (Wildman–Crippen MR) is 90.9 cm³/mol. The third-order valence-corrected chi connectivity index (χ3v) is 6.26. The molecule has 0 N–H and O–H groups in total. The zero-order chi connectivity index (χ0) is 17.2. The lowest BCUT2D eigenvalue weighted by Gasteiger charge is -2.31. The number of sulfonamides is 1. The molecule has 2 heterocycles. The fraction of sp³-hybridized carbons (Fsp3) is 0.333. The first-order valence-electron chi connectivity index (χ1n) is 7.35. The Labute approximate surface area is 150 Å². The van der Waals surface area contributed by atoms with E-state index in [2.05, 4.69) is 9.97 Å². The molecule has 9 heteroatoms. The molecule has 1 saturated heterocycles. The number of hydrogen-bond donors (Lipinski definition) is 0. The van der Waals surface area contributed by atoms with E-state index in [1.165, 1.54) is 28.8 Å². The van der Waals surface area contributed by atoms with Gasteiger partial charge < -0.3 is 4.74 Å². The molecule has 6 nitrogen and oxygen atoms in total. The summed E-state index contributed by atoms with van der Waals surface area (Å²) >= 11 is 12.0. The number of piperidine rings is 1. The van der Waals surface area contributed by atoms with E-state index in [4.69, 9.17) is 27.9 Å². The van der Waals surface area contributed by atoms with Crippen molar-refractivity contribution in [2.75, 3.05) is 13.1 Å². The number of ether oxygens (including phenoxy) is 1. The van der Waals surface area contributed by atoms with Crippen LogP contribution in [-0.4, -0.2) is 41.9 Å². The maximum atomic E-state index is 12.9. The summed E-state index contributed by atoms with van der Waals surface area (Å²) in [5.41, 5.74) is 0. The van der Waals surface area contributed by atoms with Gasteiger partial charge in [0.05, 0.1) is 17.8 Å². The van der Waals surface area contributed by atoms with Crippen molar-refractivity contribution in [3.63, 3.8) is 0 Å². The van der Waals surface area contributed by atoms with Gasteiger partial charge in [0.15, 0.2) is 0 Å². The molecule has 3 rings (SSSR count). The zero-order valence-electron chi connectivity index (χ0n) is 12.6. The lowest BCUT2D eigenvalue weighted by atomic mass is 10.1. The highest BCUT2D eigenvalue weighted by molar-refractivity contribution is 7.89. The normalized spacial score (nSPS) is 19.2. The van der Waals surface area contributed by atoms with Crippen LogP contribution in [0.1, 0.15) is 12.8 Å². The molecular formula is C15H15Cl2N3O3S. The van der Waals surface area contributed by atoms with E-state index >= 15 is 0 Å². The predicted octanol–water partition coefficient (Wildman–Crippen LogP) is 3.02. The minimum atomic E-state index is -3.74. The van der Waals surface area contributed by atoms with Gasteiger partial charge in [-0.2, -0.15) is 4.31 Å². The van der Waals surface area contributed by atoms with Crippen molar-refractivity contribution in [1.29, 1.82) is 0 Å². The molecule has 1 atom stereocenters. The molecule has 128 valence electrons. The highest BCUT2D eigenvalue weighted by Crippen LogP contribution is 2.29. The minimum absolute atomic E-state index is 0.0109. The topological polar surface area (TPSA) is 72.4 Å². The smallest absolute Gasteiger partial charge is 0.244 e. The standard InChI is InChI=1S/C15H15Cl2N3O3S/c16-11-3-4-13(17)14(8-11)24(21,22)20-7-1-2-12(10-20)23-15-9-18-5-6-19-15/h3-6,8-9,12H,1-2,7,10H2. The summed E-state index contributed by atoms with van der Waals surface area (Å²) in [6.45, 7) is 0.632. The van der Waals surface area contributed by atoms with Crippen LogP contribution in [0.4, 0.5) is 0 Å². The maximum Gasteiger partial charge on any atom is 0.244 e. The van der Waals surface area contributed by atoms with Gasteiger partial charge in [0, 0.05) is 24.0 Å². The SMILES string of the molecule is O=S(=O)(c1cc(Cl)ccc1Cl)N1CCCC(Oc2cnccn2)C1. The number of halogens is 2. The molecular weight excluding hydrogens is 373 g/mol. The third-order valence-electron chi connectivity index (χ3n) is 3.68. The average Bonchev–Trinajstić information content (AvgIpc) is 2.58. The van der Waals surface area contributed by atoms with Crippen molar-refractivity contribution in [2.24, 2.45) is 0 Å². The Bertz CT molecular complexity index is 818. The summed E-state index contributed by atoms with van der Waals surface area (Å²) in [4.78, 5) is 8.00. The number of rotatable bonds is 4. The Morgan fingerprint density at radius 1 is 1.25 bits per heavy atom. The zero-order valence-corrected chi connectivity index (χ0v) is 14.9. The molecule has 0 spiro atoms. The van der Waals surface area contributed by atoms with Crippen molar-refractivity contribution < 1.29 is 13.2 Å². The van der Waals surface area contributed by atoms with Crippen molar-refractivity contribution >= 4 is 33.2 Å². The van der Waals surface area contributed by atoms with Crippen LogP contribution in [-0.2, 0) is 10.0 Å². The van der Waals surface area contributed by atoms with Crippen LogP contribution >= 0.6 is 23.2 Å². The second-order valence-electron chi connectivity index (χ2n) is 5.36. The van der Waals surface area contributed by atoms with Crippen LogP contribution in [0, 0.1) is 0 Å². The van der Waals surface area contributed by atoms with Crippen molar-refractivity contribution in [1.82, 2.24) is 14.3 Å². The third kappa shape index (κ3) is 3.80. The van der Waals surface area contributed by atoms with E-state index in [1.54, 1.807) is 12.3 Å². The number of nitrogens with zero attached hydrogens (tertiary/aromatic N) is 3. The molecule has 1 aliphatic rings. The fourth-order valence-corrected chi connectivity index (χ4v) is 4.80. The molecule has 1 aliphatic heterocycles. The van der Waals surface area contributed by atoms with Crippen molar-refractivity contribution in [3.05, 3.63) is 46.8 Å². The monoisotopic (exact) mass is 387 g/mol. The van der Waals surface area contributed by atoms with Gasteiger partial charge in [-0.25, -0.2) is 13.4 Å². The van der Waals surface area contributed by atoms with Crippen molar-refractivity contribution in [3.8, 4) is 5.88 Å². The fourth-order valence-electron chi connectivity index (χ4n) is 2.55. The van der Waals surface area contributed by atoms with Gasteiger partial charge in [-0.1, -0.05) is 23.2 Å². The van der Waals surface area contributed by atoms with Gasteiger partial charge in [-0.3, -0.25) is 4.98 Å². The van der Waals surface area contributed by atoms with Gasteiger partial charge in [-0.05, 0) is 31.0 Å². The highest BCUT2D eigenvalue weighted by atomic mass is 35.5. The summed E-state index contributed by atoms with van der Waals surface area (Å²) < 4.78 is 32.8. The van der Waals surface area contributed by atoms with Crippen LogP contribution in [0.15, 0.2) is 41.7 Å². The minimum Gasteiger partial charge on any atom is -0.472 e. The van der Waals surface area contributed by atoms with E-state index in [0.29, 0.717) is 23.9 Å². The lowest BCUT2D eigenvalue weighted by Crippen LogP contribution is -2.44. The Balaban J connectivity index is 1.79. The second kappa shape index (κ2) is 7.23. The first-order valence-corrected chi connectivity index (χ1v) is 9.54. The Kier molecular flexibility index (Phi) is 5.24. The van der Waals surface area contributed by atoms with Gasteiger partial charge in [-0.15, -0.1) is 0 Å². The van der Waals surface area contributed by atoms with Crippen LogP contribution < -0.4 is 4.74 Å². The molecule has 1 fully saturated rings. The number of hydrogen-bond acceptors (Lipinski definition) is 5. The summed E-state index contributed by atoms with van der Waals surface area (Å²) in [5.74, 6) is 0.377. The molecule has 24 heavy (non-hydrogen) atoms. The lowest BCUT2D eigenvalue weighted by molar-refractivity contribution is 0.124. The molecule has 1 unspecified atom stereocenters. The molecule has 0 aliphatic carbocycles. The van der Waals surface area contributed by atoms with Gasteiger partial charge in [0.1, 0.15) is 11.0 Å².